The number of carbonyl (C=O) groups excluding carboxylic acids is 1. The fourth-order valence-electron chi connectivity index (χ4n) is 2.37. The van der Waals surface area contributed by atoms with Gasteiger partial charge in [0.2, 0.25) is 5.91 Å². The molecule has 5 heteroatoms. The van der Waals surface area contributed by atoms with Crippen molar-refractivity contribution in [1.29, 1.82) is 0 Å². The number of rotatable bonds is 6. The number of hydrogen-bond donors (Lipinski definition) is 1. The van der Waals surface area contributed by atoms with Gasteiger partial charge in [-0.25, -0.2) is 8.78 Å². The summed E-state index contributed by atoms with van der Waals surface area (Å²) in [4.78, 5) is 13.6. The summed E-state index contributed by atoms with van der Waals surface area (Å²) in [6.45, 7) is 0.178. The summed E-state index contributed by atoms with van der Waals surface area (Å²) in [6, 6.07) is 12.2. The highest BCUT2D eigenvalue weighted by Crippen LogP contribution is 2.12. The Kier molecular flexibility index (Phi) is 5.82. The quantitative estimate of drug-likeness (QED) is 0.890. The van der Waals surface area contributed by atoms with E-state index in [1.807, 2.05) is 0 Å². The van der Waals surface area contributed by atoms with Gasteiger partial charge in [0, 0.05) is 31.6 Å². The topological polar surface area (TPSA) is 46.3 Å². The van der Waals surface area contributed by atoms with Crippen LogP contribution in [0.25, 0.3) is 0 Å². The van der Waals surface area contributed by atoms with Gasteiger partial charge in [-0.05, 0) is 24.1 Å². The number of nitrogens with zero attached hydrogens (tertiary/aromatic N) is 1. The van der Waals surface area contributed by atoms with E-state index in [9.17, 15) is 13.6 Å². The predicted molar refractivity (Wildman–Crippen MR) is 85.6 cm³/mol. The maximum atomic E-state index is 13.6. The molecule has 0 bridgehead atoms. The Bertz CT molecular complexity index is 676. The second-order valence-corrected chi connectivity index (χ2v) is 5.60. The second kappa shape index (κ2) is 7.83. The number of amides is 1. The molecule has 0 aliphatic rings. The average molecular weight is 318 g/mol. The first-order chi connectivity index (χ1) is 11.0. The van der Waals surface area contributed by atoms with Crippen molar-refractivity contribution in [3.8, 4) is 0 Å². The lowest BCUT2D eigenvalue weighted by Crippen LogP contribution is -2.34. The van der Waals surface area contributed by atoms with Crippen LogP contribution in [0.15, 0.2) is 48.5 Å². The third-order valence-electron chi connectivity index (χ3n) is 3.67. The molecule has 0 saturated heterocycles. The zero-order chi connectivity index (χ0) is 16.8. The largest absolute Gasteiger partial charge is 0.341 e. The summed E-state index contributed by atoms with van der Waals surface area (Å²) >= 11 is 0. The van der Waals surface area contributed by atoms with Crippen LogP contribution >= 0.6 is 0 Å². The molecule has 0 aliphatic carbocycles. The van der Waals surface area contributed by atoms with Crippen molar-refractivity contribution in [1.82, 2.24) is 4.90 Å². The second-order valence-electron chi connectivity index (χ2n) is 5.60. The molecule has 2 rings (SSSR count). The third kappa shape index (κ3) is 4.86. The molecular weight excluding hydrogens is 298 g/mol. The minimum Gasteiger partial charge on any atom is -0.341 e. The van der Waals surface area contributed by atoms with Crippen LogP contribution in [-0.4, -0.2) is 23.9 Å². The first-order valence-electron chi connectivity index (χ1n) is 7.43. The fourth-order valence-corrected chi connectivity index (χ4v) is 2.37. The normalized spacial score (nSPS) is 12.0. The number of hydrogen-bond acceptors (Lipinski definition) is 2. The van der Waals surface area contributed by atoms with Crippen molar-refractivity contribution < 1.29 is 13.6 Å². The molecule has 0 aliphatic heterocycles. The van der Waals surface area contributed by atoms with E-state index in [-0.39, 0.29) is 36.9 Å². The monoisotopic (exact) mass is 318 g/mol. The van der Waals surface area contributed by atoms with E-state index < -0.39 is 6.04 Å². The highest BCUT2D eigenvalue weighted by molar-refractivity contribution is 5.76. The van der Waals surface area contributed by atoms with Gasteiger partial charge in [-0.15, -0.1) is 0 Å². The Balaban J connectivity index is 1.90. The van der Waals surface area contributed by atoms with E-state index in [1.165, 1.54) is 17.0 Å². The van der Waals surface area contributed by atoms with Gasteiger partial charge in [0.05, 0.1) is 0 Å². The maximum Gasteiger partial charge on any atom is 0.224 e. The molecule has 23 heavy (non-hydrogen) atoms. The van der Waals surface area contributed by atoms with E-state index in [2.05, 4.69) is 0 Å². The van der Waals surface area contributed by atoms with Crippen molar-refractivity contribution in [2.75, 3.05) is 7.05 Å². The summed E-state index contributed by atoms with van der Waals surface area (Å²) in [7, 11) is 1.60. The van der Waals surface area contributed by atoms with Gasteiger partial charge < -0.3 is 10.6 Å². The lowest BCUT2D eigenvalue weighted by Gasteiger charge is -2.20. The Labute approximate surface area is 134 Å². The van der Waals surface area contributed by atoms with E-state index in [0.717, 1.165) is 0 Å². The molecule has 2 aromatic carbocycles. The van der Waals surface area contributed by atoms with Crippen LogP contribution in [0, 0.1) is 11.6 Å². The van der Waals surface area contributed by atoms with Crippen molar-refractivity contribution in [2.45, 2.75) is 25.4 Å². The molecule has 0 saturated carbocycles. The number of carbonyl (C=O) groups is 1. The minimum atomic E-state index is -0.484. The minimum absolute atomic E-state index is 0.0826. The molecule has 1 atom stereocenters. The third-order valence-corrected chi connectivity index (χ3v) is 3.67. The summed E-state index contributed by atoms with van der Waals surface area (Å²) in [5.74, 6) is -0.866. The van der Waals surface area contributed by atoms with Crippen molar-refractivity contribution >= 4 is 5.91 Å². The Morgan fingerprint density at radius 2 is 1.57 bits per heavy atom. The Morgan fingerprint density at radius 1 is 1.04 bits per heavy atom. The van der Waals surface area contributed by atoms with Crippen molar-refractivity contribution in [2.24, 2.45) is 5.73 Å². The first-order valence-corrected chi connectivity index (χ1v) is 7.43. The molecule has 0 heterocycles. The highest BCUT2D eigenvalue weighted by atomic mass is 19.1. The van der Waals surface area contributed by atoms with Crippen LogP contribution in [0.5, 0.6) is 0 Å². The average Bonchev–Trinajstić information content (AvgIpc) is 2.51. The van der Waals surface area contributed by atoms with Gasteiger partial charge in [-0.3, -0.25) is 4.79 Å². The van der Waals surface area contributed by atoms with E-state index in [1.54, 1.807) is 43.4 Å². The number of nitrogens with two attached hydrogens (primary N) is 1. The molecule has 2 N–H and O–H groups in total. The SMILES string of the molecule is CN(Cc1ccccc1F)C(=O)C[C@H](N)Cc1ccccc1F. The van der Waals surface area contributed by atoms with E-state index >= 15 is 0 Å². The van der Waals surface area contributed by atoms with Gasteiger partial charge in [-0.2, -0.15) is 0 Å². The summed E-state index contributed by atoms with van der Waals surface area (Å²) in [6.07, 6.45) is 0.366. The zero-order valence-corrected chi connectivity index (χ0v) is 13.0. The molecule has 1 amide bonds. The first kappa shape index (κ1) is 17.1. The standard InChI is InChI=1S/C18H20F2N2O/c1-22(12-14-7-3-5-9-17(14)20)18(23)11-15(21)10-13-6-2-4-8-16(13)19/h2-9,15H,10-12,21H2,1H3/t15-/m1/s1. The molecule has 0 aromatic heterocycles. The predicted octanol–water partition coefficient (Wildman–Crippen LogP) is 2.88. The Hall–Kier alpha value is -2.27. The molecule has 3 nitrogen and oxygen atoms in total. The lowest BCUT2D eigenvalue weighted by atomic mass is 10.0. The Morgan fingerprint density at radius 3 is 2.13 bits per heavy atom. The molecule has 0 radical (unpaired) electrons. The van der Waals surface area contributed by atoms with Gasteiger partial charge >= 0.3 is 0 Å². The molecule has 122 valence electrons. The lowest BCUT2D eigenvalue weighted by molar-refractivity contribution is -0.130. The zero-order valence-electron chi connectivity index (χ0n) is 13.0. The van der Waals surface area contributed by atoms with Crippen LogP contribution in [0.2, 0.25) is 0 Å². The highest BCUT2D eigenvalue weighted by Gasteiger charge is 2.16. The van der Waals surface area contributed by atoms with Crippen LogP contribution in [0.4, 0.5) is 8.78 Å². The summed E-state index contributed by atoms with van der Waals surface area (Å²) in [5.41, 5.74) is 6.89. The van der Waals surface area contributed by atoms with E-state index in [4.69, 9.17) is 5.73 Å². The van der Waals surface area contributed by atoms with Crippen LogP contribution < -0.4 is 5.73 Å². The number of benzene rings is 2. The molecule has 0 unspecified atom stereocenters. The van der Waals surface area contributed by atoms with Crippen molar-refractivity contribution in [3.05, 3.63) is 71.3 Å². The van der Waals surface area contributed by atoms with Gasteiger partial charge in [0.1, 0.15) is 11.6 Å². The fraction of sp³-hybridized carbons (Fsp3) is 0.278. The smallest absolute Gasteiger partial charge is 0.224 e. The van der Waals surface area contributed by atoms with Crippen LogP contribution in [0.1, 0.15) is 17.5 Å². The molecular formula is C18H20F2N2O. The van der Waals surface area contributed by atoms with Crippen LogP contribution in [0.3, 0.4) is 0 Å². The van der Waals surface area contributed by atoms with Gasteiger partial charge in [0.15, 0.2) is 0 Å². The molecule has 0 fully saturated rings. The molecule has 0 spiro atoms. The van der Waals surface area contributed by atoms with E-state index in [0.29, 0.717) is 11.1 Å². The van der Waals surface area contributed by atoms with Gasteiger partial charge in [0.25, 0.3) is 0 Å². The van der Waals surface area contributed by atoms with Crippen LogP contribution in [-0.2, 0) is 17.8 Å². The number of halogens is 2. The summed E-state index contributed by atoms with van der Waals surface area (Å²) in [5, 5.41) is 0. The van der Waals surface area contributed by atoms with Gasteiger partial charge in [-0.1, -0.05) is 36.4 Å². The summed E-state index contributed by atoms with van der Waals surface area (Å²) < 4.78 is 27.2. The van der Waals surface area contributed by atoms with Crippen molar-refractivity contribution in [3.63, 3.8) is 0 Å². The molecule has 2 aromatic rings. The maximum absolute atomic E-state index is 13.6.